The van der Waals surface area contributed by atoms with Gasteiger partial charge in [0.15, 0.2) is 0 Å². The SMILES string of the molecule is COC(=O)c1[nH]c(C)c(C(O)=C2C(=O)C(=O)N(CCCN3CCOCC3)[C@H]2c2ccc(Cl)cc2)c1C. The van der Waals surface area contributed by atoms with Crippen LogP contribution in [0.1, 0.15) is 45.3 Å². The number of halogens is 1. The molecule has 4 rings (SSSR count). The van der Waals surface area contributed by atoms with Crippen molar-refractivity contribution in [3.8, 4) is 0 Å². The van der Waals surface area contributed by atoms with Crippen molar-refractivity contribution >= 4 is 35.0 Å². The van der Waals surface area contributed by atoms with Crippen LogP contribution in [0.15, 0.2) is 29.8 Å². The number of Topliss-reactive ketones (excluding diaryl/α,β-unsaturated/α-hetero) is 1. The largest absolute Gasteiger partial charge is 0.507 e. The van der Waals surface area contributed by atoms with E-state index in [4.69, 9.17) is 21.1 Å². The van der Waals surface area contributed by atoms with E-state index in [-0.39, 0.29) is 17.0 Å². The number of H-pyrrole nitrogens is 1. The van der Waals surface area contributed by atoms with E-state index < -0.39 is 23.7 Å². The first-order valence-electron chi connectivity index (χ1n) is 11.9. The fourth-order valence-corrected chi connectivity index (χ4v) is 5.06. The number of aryl methyl sites for hydroxylation is 1. The van der Waals surface area contributed by atoms with Crippen molar-refractivity contribution in [1.82, 2.24) is 14.8 Å². The highest BCUT2D eigenvalue weighted by Crippen LogP contribution is 2.41. The Kier molecular flexibility index (Phi) is 7.82. The second-order valence-electron chi connectivity index (χ2n) is 8.97. The van der Waals surface area contributed by atoms with Gasteiger partial charge < -0.3 is 24.5 Å². The molecule has 2 fully saturated rings. The number of hydrogen-bond acceptors (Lipinski definition) is 7. The number of aromatic amines is 1. The van der Waals surface area contributed by atoms with Crippen LogP contribution >= 0.6 is 11.6 Å². The number of benzene rings is 1. The van der Waals surface area contributed by atoms with Crippen LogP contribution in [0.3, 0.4) is 0 Å². The molecule has 2 saturated heterocycles. The van der Waals surface area contributed by atoms with Gasteiger partial charge in [-0.1, -0.05) is 23.7 Å². The normalized spacial score (nSPS) is 20.2. The number of likely N-dealkylation sites (tertiary alicyclic amines) is 1. The fraction of sp³-hybridized carbons (Fsp3) is 0.423. The summed E-state index contributed by atoms with van der Waals surface area (Å²) in [5.41, 5.74) is 2.05. The van der Waals surface area contributed by atoms with Gasteiger partial charge in [0, 0.05) is 42.5 Å². The number of aliphatic hydroxyl groups excluding tert-OH is 1. The maximum Gasteiger partial charge on any atom is 0.354 e. The Morgan fingerprint density at radius 3 is 2.47 bits per heavy atom. The van der Waals surface area contributed by atoms with Crippen molar-refractivity contribution in [2.24, 2.45) is 0 Å². The van der Waals surface area contributed by atoms with Crippen LogP contribution in [-0.2, 0) is 19.1 Å². The minimum Gasteiger partial charge on any atom is -0.507 e. The number of methoxy groups -OCH3 is 1. The van der Waals surface area contributed by atoms with Gasteiger partial charge in [0.05, 0.1) is 31.9 Å². The van der Waals surface area contributed by atoms with Gasteiger partial charge in [0.25, 0.3) is 11.7 Å². The first kappa shape index (κ1) is 25.9. The van der Waals surface area contributed by atoms with Crippen LogP contribution in [0.2, 0.25) is 5.02 Å². The number of rotatable bonds is 7. The molecule has 9 nitrogen and oxygen atoms in total. The summed E-state index contributed by atoms with van der Waals surface area (Å²) in [6.07, 6.45) is 0.659. The number of aromatic nitrogens is 1. The molecule has 0 unspecified atom stereocenters. The van der Waals surface area contributed by atoms with Crippen molar-refractivity contribution < 1.29 is 29.0 Å². The average Bonchev–Trinajstić information content (AvgIpc) is 3.31. The number of morpholine rings is 1. The molecule has 0 radical (unpaired) electrons. The standard InChI is InChI=1S/C26H30ClN3O6/c1-15-19(16(2)28-21(15)26(34)35-3)23(31)20-22(17-5-7-18(27)8-6-17)30(25(33)24(20)32)10-4-9-29-11-13-36-14-12-29/h5-8,22,28,31H,4,9-14H2,1-3H3/t22-/m0/s1. The second-order valence-corrected chi connectivity index (χ2v) is 9.40. The highest BCUT2D eigenvalue weighted by molar-refractivity contribution is 6.46. The van der Waals surface area contributed by atoms with Gasteiger partial charge in [-0.05, 0) is 43.5 Å². The van der Waals surface area contributed by atoms with Crippen LogP contribution in [0, 0.1) is 13.8 Å². The van der Waals surface area contributed by atoms with E-state index >= 15 is 0 Å². The number of nitrogens with one attached hydrogen (secondary N) is 1. The molecule has 10 heteroatoms. The molecule has 1 atom stereocenters. The fourth-order valence-electron chi connectivity index (χ4n) is 4.94. The van der Waals surface area contributed by atoms with Crippen LogP contribution < -0.4 is 0 Å². The molecule has 1 aromatic heterocycles. The van der Waals surface area contributed by atoms with Gasteiger partial charge in [-0.25, -0.2) is 4.79 Å². The van der Waals surface area contributed by atoms with E-state index in [9.17, 15) is 19.5 Å². The third-order valence-electron chi connectivity index (χ3n) is 6.77. The molecule has 3 heterocycles. The van der Waals surface area contributed by atoms with E-state index in [0.717, 1.165) is 19.6 Å². The van der Waals surface area contributed by atoms with E-state index in [2.05, 4.69) is 9.88 Å². The summed E-state index contributed by atoms with van der Waals surface area (Å²) in [7, 11) is 1.26. The van der Waals surface area contributed by atoms with Crippen molar-refractivity contribution in [2.75, 3.05) is 46.5 Å². The monoisotopic (exact) mass is 515 g/mol. The number of carbonyl (C=O) groups excluding carboxylic acids is 3. The smallest absolute Gasteiger partial charge is 0.354 e. The van der Waals surface area contributed by atoms with Gasteiger partial charge in [0.1, 0.15) is 11.5 Å². The van der Waals surface area contributed by atoms with Crippen LogP contribution in [0.5, 0.6) is 0 Å². The lowest BCUT2D eigenvalue weighted by Gasteiger charge is -2.29. The maximum absolute atomic E-state index is 13.3. The molecule has 1 aromatic carbocycles. The minimum absolute atomic E-state index is 0.0182. The minimum atomic E-state index is -0.790. The van der Waals surface area contributed by atoms with E-state index in [1.165, 1.54) is 12.0 Å². The summed E-state index contributed by atoms with van der Waals surface area (Å²) >= 11 is 6.09. The molecule has 0 bridgehead atoms. The first-order chi connectivity index (χ1) is 17.2. The second kappa shape index (κ2) is 10.9. The lowest BCUT2D eigenvalue weighted by molar-refractivity contribution is -0.140. The number of esters is 1. The highest BCUT2D eigenvalue weighted by Gasteiger charge is 2.46. The molecule has 1 amide bonds. The number of aliphatic hydroxyl groups is 1. The van der Waals surface area contributed by atoms with Gasteiger partial charge in [0.2, 0.25) is 0 Å². The Morgan fingerprint density at radius 2 is 1.83 bits per heavy atom. The lowest BCUT2D eigenvalue weighted by atomic mass is 9.94. The molecular formula is C26H30ClN3O6. The third-order valence-corrected chi connectivity index (χ3v) is 7.02. The number of ketones is 1. The maximum atomic E-state index is 13.3. The Bertz CT molecular complexity index is 1200. The summed E-state index contributed by atoms with van der Waals surface area (Å²) in [5, 5.41) is 11.9. The lowest BCUT2D eigenvalue weighted by Crippen LogP contribution is -2.38. The van der Waals surface area contributed by atoms with Crippen molar-refractivity contribution in [1.29, 1.82) is 0 Å². The Morgan fingerprint density at radius 1 is 1.17 bits per heavy atom. The molecule has 2 N–H and O–H groups in total. The highest BCUT2D eigenvalue weighted by atomic mass is 35.5. The van der Waals surface area contributed by atoms with Gasteiger partial charge in [-0.15, -0.1) is 0 Å². The summed E-state index contributed by atoms with van der Waals surface area (Å²) in [5.74, 6) is -2.35. The molecule has 192 valence electrons. The van der Waals surface area contributed by atoms with E-state index in [1.807, 2.05) is 0 Å². The van der Waals surface area contributed by atoms with Gasteiger partial charge >= 0.3 is 5.97 Å². The Labute approximate surface area is 214 Å². The summed E-state index contributed by atoms with van der Waals surface area (Å²) in [6, 6.07) is 6.08. The van der Waals surface area contributed by atoms with Crippen LogP contribution in [0.25, 0.3) is 5.76 Å². The first-order valence-corrected chi connectivity index (χ1v) is 12.2. The molecule has 2 aliphatic heterocycles. The zero-order valence-corrected chi connectivity index (χ0v) is 21.4. The van der Waals surface area contributed by atoms with E-state index in [1.54, 1.807) is 38.1 Å². The topological polar surface area (TPSA) is 112 Å². The zero-order chi connectivity index (χ0) is 26.0. The summed E-state index contributed by atoms with van der Waals surface area (Å²) in [6.45, 7) is 7.45. The Hall–Kier alpha value is -3.14. The zero-order valence-electron chi connectivity index (χ0n) is 20.6. The molecule has 0 saturated carbocycles. The number of nitrogens with zero attached hydrogens (tertiary/aromatic N) is 2. The van der Waals surface area contributed by atoms with Crippen molar-refractivity contribution in [3.05, 3.63) is 62.9 Å². The molecule has 2 aromatic rings. The predicted octanol–water partition coefficient (Wildman–Crippen LogP) is 3.22. The van der Waals surface area contributed by atoms with Crippen LogP contribution in [0.4, 0.5) is 0 Å². The molecule has 0 spiro atoms. The average molecular weight is 516 g/mol. The van der Waals surface area contributed by atoms with Gasteiger partial charge in [-0.3, -0.25) is 14.5 Å². The summed E-state index contributed by atoms with van der Waals surface area (Å²) in [4.78, 5) is 45.4. The number of hydrogen-bond donors (Lipinski definition) is 2. The molecular weight excluding hydrogens is 486 g/mol. The molecule has 2 aliphatic rings. The Balaban J connectivity index is 1.74. The number of ether oxygens (including phenoxy) is 2. The third kappa shape index (κ3) is 4.91. The van der Waals surface area contributed by atoms with Gasteiger partial charge in [-0.2, -0.15) is 0 Å². The summed E-state index contributed by atoms with van der Waals surface area (Å²) < 4.78 is 10.2. The number of amides is 1. The van der Waals surface area contributed by atoms with E-state index in [0.29, 0.717) is 53.6 Å². The van der Waals surface area contributed by atoms with Crippen LogP contribution in [-0.4, -0.2) is 84.1 Å². The predicted molar refractivity (Wildman–Crippen MR) is 134 cm³/mol. The molecule has 36 heavy (non-hydrogen) atoms. The van der Waals surface area contributed by atoms with Crippen molar-refractivity contribution in [3.63, 3.8) is 0 Å². The number of carbonyl (C=O) groups is 3. The molecule has 0 aliphatic carbocycles. The van der Waals surface area contributed by atoms with Crippen molar-refractivity contribution in [2.45, 2.75) is 26.3 Å². The quantitative estimate of drug-likeness (QED) is 0.252.